The molecule has 94 valence electrons. The lowest BCUT2D eigenvalue weighted by Gasteiger charge is -2.43. The predicted molar refractivity (Wildman–Crippen MR) is 78.1 cm³/mol. The Kier molecular flexibility index (Phi) is 3.48. The minimum absolute atomic E-state index is 0.491. The molecule has 0 atom stereocenters. The van der Waals surface area contributed by atoms with Crippen LogP contribution in [0.2, 0.25) is 0 Å². The summed E-state index contributed by atoms with van der Waals surface area (Å²) in [6.07, 6.45) is 3.74. The summed E-state index contributed by atoms with van der Waals surface area (Å²) in [7, 11) is 0. The summed E-state index contributed by atoms with van der Waals surface area (Å²) in [5.41, 5.74) is 1.97. The maximum absolute atomic E-state index is 3.46. The van der Waals surface area contributed by atoms with Crippen LogP contribution in [0.3, 0.4) is 0 Å². The second kappa shape index (κ2) is 5.25. The Morgan fingerprint density at radius 2 is 1.89 bits per heavy atom. The summed E-state index contributed by atoms with van der Waals surface area (Å²) in [5, 5.41) is 5.63. The zero-order valence-electron chi connectivity index (χ0n) is 10.6. The number of thiophene rings is 1. The quantitative estimate of drug-likeness (QED) is 0.864. The number of benzene rings is 1. The van der Waals surface area contributed by atoms with Gasteiger partial charge in [-0.1, -0.05) is 36.4 Å². The fourth-order valence-electron chi connectivity index (χ4n) is 2.74. The number of hydrogen-bond acceptors (Lipinski definition) is 2. The first kappa shape index (κ1) is 11.9. The van der Waals surface area contributed by atoms with Crippen LogP contribution in [0.1, 0.15) is 16.9 Å². The molecule has 1 nitrogen and oxygen atoms in total. The van der Waals surface area contributed by atoms with Crippen LogP contribution in [-0.2, 0) is 12.8 Å². The van der Waals surface area contributed by atoms with Crippen LogP contribution in [0, 0.1) is 5.41 Å². The largest absolute Gasteiger partial charge is 0.316 e. The van der Waals surface area contributed by atoms with Crippen LogP contribution < -0.4 is 5.32 Å². The van der Waals surface area contributed by atoms with Crippen molar-refractivity contribution in [3.8, 4) is 0 Å². The highest BCUT2D eigenvalue weighted by atomic mass is 32.1. The van der Waals surface area contributed by atoms with Gasteiger partial charge in [0.15, 0.2) is 0 Å². The molecule has 0 radical (unpaired) electrons. The van der Waals surface area contributed by atoms with Crippen molar-refractivity contribution >= 4 is 11.3 Å². The van der Waals surface area contributed by atoms with Gasteiger partial charge in [0.2, 0.25) is 0 Å². The highest BCUT2D eigenvalue weighted by Gasteiger charge is 2.36. The van der Waals surface area contributed by atoms with Gasteiger partial charge < -0.3 is 5.32 Å². The van der Waals surface area contributed by atoms with Gasteiger partial charge in [0.1, 0.15) is 0 Å². The summed E-state index contributed by atoms with van der Waals surface area (Å²) >= 11 is 1.88. The van der Waals surface area contributed by atoms with Gasteiger partial charge in [-0.25, -0.2) is 0 Å². The lowest BCUT2D eigenvalue weighted by molar-refractivity contribution is 0.153. The maximum atomic E-state index is 3.46. The molecule has 1 aromatic heterocycles. The summed E-state index contributed by atoms with van der Waals surface area (Å²) in [5.74, 6) is 0. The van der Waals surface area contributed by atoms with E-state index in [0.717, 1.165) is 0 Å². The van der Waals surface area contributed by atoms with E-state index in [1.807, 2.05) is 11.3 Å². The van der Waals surface area contributed by atoms with Crippen molar-refractivity contribution in [1.29, 1.82) is 0 Å². The third kappa shape index (κ3) is 2.65. The van der Waals surface area contributed by atoms with Crippen LogP contribution in [-0.4, -0.2) is 13.1 Å². The van der Waals surface area contributed by atoms with E-state index in [-0.39, 0.29) is 0 Å². The van der Waals surface area contributed by atoms with E-state index in [1.165, 1.54) is 42.8 Å². The van der Waals surface area contributed by atoms with E-state index in [1.54, 1.807) is 0 Å². The van der Waals surface area contributed by atoms with E-state index in [9.17, 15) is 0 Å². The van der Waals surface area contributed by atoms with Crippen molar-refractivity contribution in [1.82, 2.24) is 5.32 Å². The summed E-state index contributed by atoms with van der Waals surface area (Å²) in [6, 6.07) is 15.3. The first-order chi connectivity index (χ1) is 8.86. The molecule has 0 unspecified atom stereocenters. The topological polar surface area (TPSA) is 12.0 Å². The van der Waals surface area contributed by atoms with Crippen molar-refractivity contribution in [3.05, 3.63) is 58.3 Å². The minimum atomic E-state index is 0.491. The van der Waals surface area contributed by atoms with Gasteiger partial charge in [-0.2, -0.15) is 0 Å². The summed E-state index contributed by atoms with van der Waals surface area (Å²) in [4.78, 5) is 1.52. The molecule has 2 aromatic rings. The number of nitrogens with one attached hydrogen (secondary N) is 1. The van der Waals surface area contributed by atoms with Gasteiger partial charge in [-0.15, -0.1) is 11.3 Å². The summed E-state index contributed by atoms with van der Waals surface area (Å²) < 4.78 is 0. The van der Waals surface area contributed by atoms with E-state index in [4.69, 9.17) is 0 Å². The fourth-order valence-corrected chi connectivity index (χ4v) is 3.45. The van der Waals surface area contributed by atoms with Gasteiger partial charge in [-0.3, -0.25) is 0 Å². The number of hydrogen-bond donors (Lipinski definition) is 1. The lowest BCUT2D eigenvalue weighted by Crippen LogP contribution is -2.54. The molecule has 1 saturated heterocycles. The maximum Gasteiger partial charge on any atom is 0.00454 e. The minimum Gasteiger partial charge on any atom is -0.316 e. The molecule has 0 amide bonds. The van der Waals surface area contributed by atoms with Gasteiger partial charge in [0, 0.05) is 18.0 Å². The molecule has 18 heavy (non-hydrogen) atoms. The van der Waals surface area contributed by atoms with Gasteiger partial charge >= 0.3 is 0 Å². The molecule has 0 aliphatic carbocycles. The first-order valence-electron chi connectivity index (χ1n) is 6.63. The Hall–Kier alpha value is -1.12. The molecule has 1 aliphatic heterocycles. The van der Waals surface area contributed by atoms with Crippen LogP contribution in [0.5, 0.6) is 0 Å². The van der Waals surface area contributed by atoms with Crippen molar-refractivity contribution in [3.63, 3.8) is 0 Å². The average Bonchev–Trinajstić information content (AvgIpc) is 2.87. The fraction of sp³-hybridized carbons (Fsp3) is 0.375. The normalized spacial score (nSPS) is 17.3. The van der Waals surface area contributed by atoms with Crippen LogP contribution in [0.25, 0.3) is 0 Å². The van der Waals surface area contributed by atoms with Crippen molar-refractivity contribution in [2.24, 2.45) is 5.41 Å². The van der Waals surface area contributed by atoms with Crippen molar-refractivity contribution in [2.45, 2.75) is 19.3 Å². The molecule has 2 heterocycles. The smallest absolute Gasteiger partial charge is 0.00454 e. The first-order valence-corrected chi connectivity index (χ1v) is 7.51. The van der Waals surface area contributed by atoms with E-state index >= 15 is 0 Å². The van der Waals surface area contributed by atoms with E-state index in [2.05, 4.69) is 53.2 Å². The second-order valence-electron chi connectivity index (χ2n) is 5.35. The number of aryl methyl sites for hydroxylation is 1. The average molecular weight is 257 g/mol. The number of rotatable bonds is 5. The van der Waals surface area contributed by atoms with Gasteiger partial charge in [0.05, 0.1) is 0 Å². The Labute approximate surface area is 113 Å². The second-order valence-corrected chi connectivity index (χ2v) is 6.38. The Balaban J connectivity index is 1.63. The van der Waals surface area contributed by atoms with Crippen molar-refractivity contribution < 1.29 is 0 Å². The lowest BCUT2D eigenvalue weighted by atomic mass is 9.73. The molecular weight excluding hydrogens is 238 g/mol. The molecule has 1 aliphatic rings. The monoisotopic (exact) mass is 257 g/mol. The Bertz CT molecular complexity index is 471. The zero-order valence-corrected chi connectivity index (χ0v) is 11.4. The third-order valence-corrected chi connectivity index (χ3v) is 4.84. The van der Waals surface area contributed by atoms with E-state index in [0.29, 0.717) is 5.41 Å². The highest BCUT2D eigenvalue weighted by Crippen LogP contribution is 2.33. The molecule has 0 spiro atoms. The molecule has 1 N–H and O–H groups in total. The molecule has 2 heteroatoms. The standard InChI is InChI=1S/C16H19NS/c1-2-5-14(6-3-1)11-16(12-17-13-16)9-8-15-7-4-10-18-15/h1-7,10,17H,8-9,11-13H2. The highest BCUT2D eigenvalue weighted by molar-refractivity contribution is 7.09. The zero-order chi connectivity index (χ0) is 12.3. The predicted octanol–water partition coefficient (Wildman–Crippen LogP) is 3.51. The molecule has 0 saturated carbocycles. The van der Waals surface area contributed by atoms with Crippen LogP contribution >= 0.6 is 11.3 Å². The molecular formula is C16H19NS. The van der Waals surface area contributed by atoms with Gasteiger partial charge in [0.25, 0.3) is 0 Å². The third-order valence-electron chi connectivity index (χ3n) is 3.90. The van der Waals surface area contributed by atoms with Crippen LogP contribution in [0.15, 0.2) is 47.8 Å². The molecule has 3 rings (SSSR count). The molecule has 1 aromatic carbocycles. The summed E-state index contributed by atoms with van der Waals surface area (Å²) in [6.45, 7) is 2.35. The van der Waals surface area contributed by atoms with Crippen molar-refractivity contribution in [2.75, 3.05) is 13.1 Å². The van der Waals surface area contributed by atoms with Crippen LogP contribution in [0.4, 0.5) is 0 Å². The SMILES string of the molecule is c1ccc(CC2(CCc3cccs3)CNC2)cc1. The Morgan fingerprint density at radius 3 is 2.50 bits per heavy atom. The van der Waals surface area contributed by atoms with E-state index < -0.39 is 0 Å². The van der Waals surface area contributed by atoms with Gasteiger partial charge in [-0.05, 0) is 41.7 Å². The molecule has 0 bridgehead atoms. The Morgan fingerprint density at radius 1 is 1.06 bits per heavy atom. The molecule has 1 fully saturated rings.